The third-order valence-corrected chi connectivity index (χ3v) is 1.70. The second kappa shape index (κ2) is 4.31. The van der Waals surface area contributed by atoms with Crippen molar-refractivity contribution in [3.63, 3.8) is 0 Å². The fourth-order valence-electron chi connectivity index (χ4n) is 1.09. The molecule has 0 aromatic heterocycles. The Morgan fingerprint density at radius 3 is 1.92 bits per heavy atom. The van der Waals surface area contributed by atoms with Gasteiger partial charge in [0.1, 0.15) is 0 Å². The molecule has 1 aromatic rings. The Kier molecular flexibility index (Phi) is 4.32. The Morgan fingerprint density at radius 1 is 1.08 bits per heavy atom. The molecule has 60 valence electrons. The summed E-state index contributed by atoms with van der Waals surface area (Å²) in [5.74, 6) is 0.139. The van der Waals surface area contributed by atoms with E-state index in [9.17, 15) is 5.11 Å². The predicted octanol–water partition coefficient (Wildman–Crippen LogP) is -0.938. The molecule has 0 aliphatic heterocycles. The van der Waals surface area contributed by atoms with Crippen LogP contribution in [0, 0.1) is 0 Å². The van der Waals surface area contributed by atoms with Gasteiger partial charge in [0.25, 0.3) is 0 Å². The van der Waals surface area contributed by atoms with Crippen LogP contribution in [-0.2, 0) is 5.41 Å². The maximum atomic E-state index is 11.3. The zero-order chi connectivity index (χ0) is 8.48. The Morgan fingerprint density at radius 2 is 1.58 bits per heavy atom. The maximum Gasteiger partial charge on any atom is 1.00 e. The van der Waals surface area contributed by atoms with Crippen LogP contribution in [0.2, 0.25) is 0 Å². The summed E-state index contributed by atoms with van der Waals surface area (Å²) >= 11 is 0. The first-order valence-corrected chi connectivity index (χ1v) is 3.78. The molecule has 1 rings (SSSR count). The minimum atomic E-state index is -0.0294. The molecule has 0 fully saturated rings. The van der Waals surface area contributed by atoms with Gasteiger partial charge >= 0.3 is 29.6 Å². The molecule has 0 atom stereocenters. The second-order valence-corrected chi connectivity index (χ2v) is 3.75. The van der Waals surface area contributed by atoms with E-state index in [-0.39, 0.29) is 40.7 Å². The fraction of sp³-hybridized carbons (Fsp3) is 0.400. The fourth-order valence-corrected chi connectivity index (χ4v) is 1.09. The van der Waals surface area contributed by atoms with Gasteiger partial charge in [0.05, 0.1) is 0 Å². The van der Waals surface area contributed by atoms with E-state index in [1.165, 1.54) is 0 Å². The van der Waals surface area contributed by atoms with E-state index >= 15 is 0 Å². The summed E-state index contributed by atoms with van der Waals surface area (Å²) in [6, 6.07) is 7.18. The summed E-state index contributed by atoms with van der Waals surface area (Å²) in [5.41, 5.74) is 0.859. The zero-order valence-corrected chi connectivity index (χ0v) is 10.2. The molecule has 0 N–H and O–H groups in total. The van der Waals surface area contributed by atoms with Crippen molar-refractivity contribution < 1.29 is 34.7 Å². The third-order valence-electron chi connectivity index (χ3n) is 1.70. The smallest absolute Gasteiger partial charge is 0.872 e. The average Bonchev–Trinajstić information content (AvgIpc) is 1.86. The average molecular weight is 172 g/mol. The van der Waals surface area contributed by atoms with Crippen LogP contribution in [0.5, 0.6) is 5.75 Å². The molecule has 0 radical (unpaired) electrons. The van der Waals surface area contributed by atoms with Crippen molar-refractivity contribution >= 4 is 0 Å². The first kappa shape index (κ1) is 12.0. The Bertz CT molecular complexity index is 250. The maximum absolute atomic E-state index is 11.3. The topological polar surface area (TPSA) is 23.1 Å². The summed E-state index contributed by atoms with van der Waals surface area (Å²) in [7, 11) is 0. The van der Waals surface area contributed by atoms with E-state index in [4.69, 9.17) is 0 Å². The SMILES string of the molecule is CC(C)(C)c1ccccc1[O-].[Na+]. The molecular formula is C10H13NaO. The largest absolute Gasteiger partial charge is 1.00 e. The molecule has 0 saturated heterocycles. The van der Waals surface area contributed by atoms with Gasteiger partial charge in [0.2, 0.25) is 0 Å². The number of para-hydroxylation sites is 1. The quantitative estimate of drug-likeness (QED) is 0.463. The van der Waals surface area contributed by atoms with Crippen LogP contribution in [0.15, 0.2) is 24.3 Å². The molecule has 0 heterocycles. The molecule has 0 spiro atoms. The van der Waals surface area contributed by atoms with E-state index in [0.29, 0.717) is 0 Å². The molecular weight excluding hydrogens is 159 g/mol. The molecule has 12 heavy (non-hydrogen) atoms. The number of hydrogen-bond acceptors (Lipinski definition) is 1. The Hall–Kier alpha value is 0.0200. The molecule has 0 saturated carbocycles. The number of hydrogen-bond donors (Lipinski definition) is 0. The van der Waals surface area contributed by atoms with Crippen molar-refractivity contribution in [1.29, 1.82) is 0 Å². The molecule has 0 aliphatic carbocycles. The van der Waals surface area contributed by atoms with Gasteiger partial charge in [-0.15, -0.1) is 5.75 Å². The second-order valence-electron chi connectivity index (χ2n) is 3.75. The molecule has 0 unspecified atom stereocenters. The van der Waals surface area contributed by atoms with Crippen molar-refractivity contribution in [3.05, 3.63) is 29.8 Å². The number of rotatable bonds is 0. The first-order valence-electron chi connectivity index (χ1n) is 3.78. The van der Waals surface area contributed by atoms with Gasteiger partial charge in [-0.3, -0.25) is 0 Å². The molecule has 1 aromatic carbocycles. The van der Waals surface area contributed by atoms with Gasteiger partial charge in [0.15, 0.2) is 0 Å². The van der Waals surface area contributed by atoms with Crippen LogP contribution in [0.4, 0.5) is 0 Å². The minimum absolute atomic E-state index is 0. The molecule has 1 nitrogen and oxygen atoms in total. The van der Waals surface area contributed by atoms with Crippen molar-refractivity contribution in [2.75, 3.05) is 0 Å². The van der Waals surface area contributed by atoms with Crippen molar-refractivity contribution in [2.24, 2.45) is 0 Å². The minimum Gasteiger partial charge on any atom is -0.872 e. The zero-order valence-electron chi connectivity index (χ0n) is 8.22. The molecule has 0 amide bonds. The van der Waals surface area contributed by atoms with Crippen molar-refractivity contribution in [1.82, 2.24) is 0 Å². The molecule has 0 aliphatic rings. The van der Waals surface area contributed by atoms with Crippen LogP contribution in [0.3, 0.4) is 0 Å². The van der Waals surface area contributed by atoms with Crippen molar-refractivity contribution in [2.45, 2.75) is 26.2 Å². The third kappa shape index (κ3) is 2.81. The summed E-state index contributed by atoms with van der Waals surface area (Å²) in [6.45, 7) is 6.14. The van der Waals surface area contributed by atoms with Crippen LogP contribution >= 0.6 is 0 Å². The van der Waals surface area contributed by atoms with E-state index < -0.39 is 0 Å². The van der Waals surface area contributed by atoms with Crippen LogP contribution in [0.1, 0.15) is 26.3 Å². The van der Waals surface area contributed by atoms with Gasteiger partial charge in [0, 0.05) is 0 Å². The normalized spacial score (nSPS) is 10.6. The van der Waals surface area contributed by atoms with Gasteiger partial charge in [-0.25, -0.2) is 0 Å². The van der Waals surface area contributed by atoms with Gasteiger partial charge in [-0.2, -0.15) is 0 Å². The van der Waals surface area contributed by atoms with Crippen LogP contribution in [-0.4, -0.2) is 0 Å². The Balaban J connectivity index is 0.00000121. The summed E-state index contributed by atoms with van der Waals surface area (Å²) in [4.78, 5) is 0. The van der Waals surface area contributed by atoms with E-state index in [0.717, 1.165) is 5.56 Å². The van der Waals surface area contributed by atoms with Crippen LogP contribution < -0.4 is 34.7 Å². The van der Waals surface area contributed by atoms with Gasteiger partial charge < -0.3 is 5.11 Å². The van der Waals surface area contributed by atoms with E-state index in [2.05, 4.69) is 0 Å². The Labute approximate surface area is 96.1 Å². The first-order chi connectivity index (χ1) is 5.02. The summed E-state index contributed by atoms with van der Waals surface area (Å²) < 4.78 is 0. The van der Waals surface area contributed by atoms with E-state index in [1.54, 1.807) is 12.1 Å². The standard InChI is InChI=1S/C10H14O.Na/c1-10(2,3)8-6-4-5-7-9(8)11;/h4-7,11H,1-3H3;/q;+1/p-1. The summed E-state index contributed by atoms with van der Waals surface area (Å²) in [6.07, 6.45) is 0. The molecule has 0 bridgehead atoms. The summed E-state index contributed by atoms with van der Waals surface area (Å²) in [5, 5.41) is 11.3. The monoisotopic (exact) mass is 172 g/mol. The van der Waals surface area contributed by atoms with Gasteiger partial charge in [-0.1, -0.05) is 50.6 Å². The molecule has 2 heteroatoms. The van der Waals surface area contributed by atoms with Crippen LogP contribution in [0.25, 0.3) is 0 Å². The van der Waals surface area contributed by atoms with Gasteiger partial charge in [-0.05, 0) is 5.41 Å². The van der Waals surface area contributed by atoms with Crippen molar-refractivity contribution in [3.8, 4) is 5.75 Å². The predicted molar refractivity (Wildman–Crippen MR) is 44.6 cm³/mol. The number of benzene rings is 1. The van der Waals surface area contributed by atoms with E-state index in [1.807, 2.05) is 32.9 Å².